The molecule has 1 aromatic carbocycles. The van der Waals surface area contributed by atoms with Crippen LogP contribution in [-0.2, 0) is 6.42 Å². The van der Waals surface area contributed by atoms with Crippen LogP contribution in [-0.4, -0.2) is 12.5 Å². The first-order chi connectivity index (χ1) is 13.4. The SMILES string of the molecule is CCCC.CCc1c(C)sc(C(=O)NC2CCOc3ccccc32)c1C(C)C. The number of benzene rings is 1. The van der Waals surface area contributed by atoms with Crippen molar-refractivity contribution in [3.8, 4) is 5.75 Å². The molecule has 0 aliphatic carbocycles. The summed E-state index contributed by atoms with van der Waals surface area (Å²) < 4.78 is 5.69. The van der Waals surface area contributed by atoms with Gasteiger partial charge in [0.2, 0.25) is 0 Å². The van der Waals surface area contributed by atoms with Crippen molar-refractivity contribution in [2.24, 2.45) is 0 Å². The fourth-order valence-electron chi connectivity index (χ4n) is 3.53. The average Bonchev–Trinajstić information content (AvgIpc) is 3.05. The van der Waals surface area contributed by atoms with Crippen molar-refractivity contribution < 1.29 is 9.53 Å². The Kier molecular flexibility index (Phi) is 8.56. The Morgan fingerprint density at radius 2 is 1.89 bits per heavy atom. The van der Waals surface area contributed by atoms with Crippen LogP contribution < -0.4 is 10.1 Å². The molecule has 28 heavy (non-hydrogen) atoms. The molecule has 154 valence electrons. The standard InChI is InChI=1S/C20H25NO2S.C4H10/c1-5-14-13(4)24-19(18(14)12(2)3)20(22)21-16-10-11-23-17-9-7-6-8-15(16)17;1-3-4-2/h6-9,12,16H,5,10-11H2,1-4H3,(H,21,22);3-4H2,1-2H3. The normalized spacial score (nSPS) is 15.3. The monoisotopic (exact) mass is 401 g/mol. The minimum absolute atomic E-state index is 0.0231. The van der Waals surface area contributed by atoms with E-state index in [2.05, 4.69) is 46.9 Å². The van der Waals surface area contributed by atoms with Gasteiger partial charge in [-0.3, -0.25) is 4.79 Å². The van der Waals surface area contributed by atoms with Gasteiger partial charge in [0, 0.05) is 16.9 Å². The number of carbonyl (C=O) groups excluding carboxylic acids is 1. The highest BCUT2D eigenvalue weighted by Crippen LogP contribution is 2.36. The molecule has 2 aromatic rings. The number of hydrogen-bond acceptors (Lipinski definition) is 3. The molecular formula is C24H35NO2S. The maximum Gasteiger partial charge on any atom is 0.262 e. The summed E-state index contributed by atoms with van der Waals surface area (Å²) >= 11 is 1.63. The third-order valence-corrected chi connectivity index (χ3v) is 6.31. The summed E-state index contributed by atoms with van der Waals surface area (Å²) in [7, 11) is 0. The molecule has 1 unspecified atom stereocenters. The van der Waals surface area contributed by atoms with Crippen molar-refractivity contribution in [2.45, 2.75) is 79.2 Å². The van der Waals surface area contributed by atoms with Crippen LogP contribution in [0.5, 0.6) is 5.75 Å². The minimum Gasteiger partial charge on any atom is -0.493 e. The third kappa shape index (κ3) is 5.16. The molecule has 1 atom stereocenters. The van der Waals surface area contributed by atoms with Gasteiger partial charge in [0.05, 0.1) is 17.5 Å². The van der Waals surface area contributed by atoms with Crippen LogP contribution in [0.2, 0.25) is 0 Å². The number of fused-ring (bicyclic) bond motifs is 1. The Hall–Kier alpha value is -1.81. The number of hydrogen-bond donors (Lipinski definition) is 1. The van der Waals surface area contributed by atoms with E-state index in [1.165, 1.54) is 28.8 Å². The van der Waals surface area contributed by atoms with Crippen LogP contribution in [0.4, 0.5) is 0 Å². The molecule has 2 heterocycles. The van der Waals surface area contributed by atoms with E-state index in [-0.39, 0.29) is 11.9 Å². The number of amides is 1. The second kappa shape index (κ2) is 10.7. The fourth-order valence-corrected chi connectivity index (χ4v) is 4.84. The number of para-hydroxylation sites is 1. The van der Waals surface area contributed by atoms with E-state index >= 15 is 0 Å². The van der Waals surface area contributed by atoms with Crippen molar-refractivity contribution in [1.29, 1.82) is 0 Å². The van der Waals surface area contributed by atoms with E-state index in [4.69, 9.17) is 4.74 Å². The van der Waals surface area contributed by atoms with Gasteiger partial charge in [0.25, 0.3) is 5.91 Å². The molecule has 3 nitrogen and oxygen atoms in total. The Bertz CT molecular complexity index is 777. The summed E-state index contributed by atoms with van der Waals surface area (Å²) in [5.74, 6) is 1.29. The van der Waals surface area contributed by atoms with Gasteiger partial charge in [-0.1, -0.05) is 65.7 Å². The number of aryl methyl sites for hydroxylation is 1. The molecule has 0 radical (unpaired) electrons. The summed E-state index contributed by atoms with van der Waals surface area (Å²) in [6, 6.07) is 8.00. The molecule has 1 aliphatic rings. The van der Waals surface area contributed by atoms with Crippen LogP contribution in [0.1, 0.15) is 97.1 Å². The van der Waals surface area contributed by atoms with E-state index < -0.39 is 0 Å². The number of thiophene rings is 1. The Morgan fingerprint density at radius 3 is 2.50 bits per heavy atom. The number of unbranched alkanes of at least 4 members (excludes halogenated alkanes) is 1. The Balaban J connectivity index is 0.000000640. The minimum atomic E-state index is 0.0231. The highest BCUT2D eigenvalue weighted by Gasteiger charge is 2.27. The fraction of sp³-hybridized carbons (Fsp3) is 0.542. The predicted octanol–water partition coefficient (Wildman–Crippen LogP) is 6.80. The molecule has 1 aliphatic heterocycles. The summed E-state index contributed by atoms with van der Waals surface area (Å²) in [6.07, 6.45) is 4.42. The highest BCUT2D eigenvalue weighted by molar-refractivity contribution is 7.14. The van der Waals surface area contributed by atoms with E-state index in [0.29, 0.717) is 12.5 Å². The van der Waals surface area contributed by atoms with Gasteiger partial charge in [0.1, 0.15) is 5.75 Å². The first-order valence-electron chi connectivity index (χ1n) is 10.6. The van der Waals surface area contributed by atoms with Crippen molar-refractivity contribution in [2.75, 3.05) is 6.61 Å². The molecular weight excluding hydrogens is 366 g/mol. The van der Waals surface area contributed by atoms with Crippen molar-refractivity contribution in [1.82, 2.24) is 5.32 Å². The van der Waals surface area contributed by atoms with Gasteiger partial charge in [-0.05, 0) is 36.5 Å². The van der Waals surface area contributed by atoms with E-state index in [0.717, 1.165) is 29.0 Å². The molecule has 0 bridgehead atoms. The lowest BCUT2D eigenvalue weighted by Crippen LogP contribution is -2.32. The lowest BCUT2D eigenvalue weighted by molar-refractivity contribution is 0.0927. The molecule has 4 heteroatoms. The second-order valence-corrected chi connectivity index (χ2v) is 8.81. The van der Waals surface area contributed by atoms with Gasteiger partial charge in [0.15, 0.2) is 0 Å². The van der Waals surface area contributed by atoms with Crippen molar-refractivity contribution in [3.05, 3.63) is 50.7 Å². The van der Waals surface area contributed by atoms with Crippen LogP contribution in [0.15, 0.2) is 24.3 Å². The van der Waals surface area contributed by atoms with Gasteiger partial charge >= 0.3 is 0 Å². The molecule has 0 saturated carbocycles. The zero-order valence-electron chi connectivity index (χ0n) is 18.2. The van der Waals surface area contributed by atoms with Crippen LogP contribution in [0.3, 0.4) is 0 Å². The lowest BCUT2D eigenvalue weighted by atomic mass is 9.95. The van der Waals surface area contributed by atoms with Crippen molar-refractivity contribution >= 4 is 17.2 Å². The first kappa shape index (κ1) is 22.5. The molecule has 0 spiro atoms. The number of rotatable bonds is 5. The maximum atomic E-state index is 13.0. The van der Waals surface area contributed by atoms with E-state index in [9.17, 15) is 4.79 Å². The molecule has 1 aromatic heterocycles. The maximum absolute atomic E-state index is 13.0. The number of nitrogens with one attached hydrogen (secondary N) is 1. The number of ether oxygens (including phenoxy) is 1. The van der Waals surface area contributed by atoms with Crippen LogP contribution in [0, 0.1) is 6.92 Å². The second-order valence-electron chi connectivity index (χ2n) is 7.59. The molecule has 0 fully saturated rings. The summed E-state index contributed by atoms with van der Waals surface area (Å²) in [5.41, 5.74) is 3.64. The summed E-state index contributed by atoms with van der Waals surface area (Å²) in [5, 5.41) is 3.24. The van der Waals surface area contributed by atoms with Gasteiger partial charge in [-0.15, -0.1) is 11.3 Å². The smallest absolute Gasteiger partial charge is 0.262 e. The zero-order chi connectivity index (χ0) is 20.7. The van der Waals surface area contributed by atoms with Gasteiger partial charge < -0.3 is 10.1 Å². The predicted molar refractivity (Wildman–Crippen MR) is 120 cm³/mol. The molecule has 1 N–H and O–H groups in total. The van der Waals surface area contributed by atoms with Crippen molar-refractivity contribution in [3.63, 3.8) is 0 Å². The highest BCUT2D eigenvalue weighted by atomic mass is 32.1. The topological polar surface area (TPSA) is 38.3 Å². The van der Waals surface area contributed by atoms with E-state index in [1.54, 1.807) is 11.3 Å². The largest absolute Gasteiger partial charge is 0.493 e. The van der Waals surface area contributed by atoms with Gasteiger partial charge in [-0.25, -0.2) is 0 Å². The molecule has 0 saturated heterocycles. The first-order valence-corrected chi connectivity index (χ1v) is 11.4. The zero-order valence-corrected chi connectivity index (χ0v) is 19.0. The molecule has 1 amide bonds. The average molecular weight is 402 g/mol. The lowest BCUT2D eigenvalue weighted by Gasteiger charge is -2.26. The van der Waals surface area contributed by atoms with Crippen LogP contribution >= 0.6 is 11.3 Å². The van der Waals surface area contributed by atoms with E-state index in [1.807, 2.05) is 24.3 Å². The van der Waals surface area contributed by atoms with Crippen LogP contribution in [0.25, 0.3) is 0 Å². The summed E-state index contributed by atoms with van der Waals surface area (Å²) in [6.45, 7) is 13.6. The Labute approximate surface area is 174 Å². The number of carbonyl (C=O) groups is 1. The quantitative estimate of drug-likeness (QED) is 0.598. The summed E-state index contributed by atoms with van der Waals surface area (Å²) in [4.78, 5) is 15.1. The molecule has 3 rings (SSSR count). The van der Waals surface area contributed by atoms with Gasteiger partial charge in [-0.2, -0.15) is 0 Å². The third-order valence-electron chi connectivity index (χ3n) is 5.15. The Morgan fingerprint density at radius 1 is 1.21 bits per heavy atom.